The van der Waals surface area contributed by atoms with E-state index in [4.69, 9.17) is 0 Å². The molecular formula is C13H24N2S. The minimum absolute atomic E-state index is 0.702. The molecule has 0 spiro atoms. The maximum Gasteiger partial charge on any atom is 0.0300 e. The Bertz CT molecular complexity index is 259. The van der Waals surface area contributed by atoms with Gasteiger partial charge in [0.2, 0.25) is 0 Å². The molecule has 0 aromatic carbocycles. The zero-order valence-electron chi connectivity index (χ0n) is 10.7. The molecule has 0 saturated carbocycles. The molecule has 0 bridgehead atoms. The molecule has 1 N–H and O–H groups in total. The first-order valence-corrected chi connectivity index (χ1v) is 7.13. The van der Waals surface area contributed by atoms with Gasteiger partial charge in [-0.2, -0.15) is 0 Å². The summed E-state index contributed by atoms with van der Waals surface area (Å²) in [5, 5.41) is 5.63. The van der Waals surface area contributed by atoms with Crippen LogP contribution in [0.2, 0.25) is 0 Å². The molecule has 1 unspecified atom stereocenters. The molecule has 0 amide bonds. The monoisotopic (exact) mass is 240 g/mol. The van der Waals surface area contributed by atoms with E-state index in [2.05, 4.69) is 48.5 Å². The van der Waals surface area contributed by atoms with Gasteiger partial charge >= 0.3 is 0 Å². The maximum atomic E-state index is 3.50. The van der Waals surface area contributed by atoms with E-state index >= 15 is 0 Å². The summed E-state index contributed by atoms with van der Waals surface area (Å²) in [6.45, 7) is 11.2. The van der Waals surface area contributed by atoms with E-state index in [1.54, 1.807) is 0 Å². The highest BCUT2D eigenvalue weighted by atomic mass is 32.1. The van der Waals surface area contributed by atoms with Crippen LogP contribution in [-0.2, 0) is 6.54 Å². The Morgan fingerprint density at radius 2 is 2.25 bits per heavy atom. The number of rotatable bonds is 8. The number of hydrogen-bond donors (Lipinski definition) is 1. The van der Waals surface area contributed by atoms with Crippen LogP contribution in [0.3, 0.4) is 0 Å². The topological polar surface area (TPSA) is 15.3 Å². The van der Waals surface area contributed by atoms with E-state index in [1.807, 2.05) is 11.3 Å². The van der Waals surface area contributed by atoms with E-state index in [0.717, 1.165) is 26.2 Å². The molecule has 0 fully saturated rings. The van der Waals surface area contributed by atoms with E-state index < -0.39 is 0 Å². The first-order chi connectivity index (χ1) is 7.77. The molecule has 2 nitrogen and oxygen atoms in total. The van der Waals surface area contributed by atoms with E-state index in [-0.39, 0.29) is 0 Å². The molecule has 0 aliphatic rings. The van der Waals surface area contributed by atoms with Gasteiger partial charge in [-0.05, 0) is 31.3 Å². The molecular weight excluding hydrogens is 216 g/mol. The lowest BCUT2D eigenvalue weighted by Crippen LogP contribution is -2.37. The fourth-order valence-corrected chi connectivity index (χ4v) is 2.47. The number of thiophene rings is 1. The predicted molar refractivity (Wildman–Crippen MR) is 73.0 cm³/mol. The molecule has 0 saturated heterocycles. The Labute approximate surface area is 104 Å². The van der Waals surface area contributed by atoms with Crippen molar-refractivity contribution in [1.82, 2.24) is 10.2 Å². The van der Waals surface area contributed by atoms with Crippen LogP contribution < -0.4 is 5.32 Å². The van der Waals surface area contributed by atoms with Crippen molar-refractivity contribution in [3.8, 4) is 0 Å². The van der Waals surface area contributed by atoms with Crippen LogP contribution in [0.1, 0.15) is 32.1 Å². The number of nitrogens with one attached hydrogen (secondary N) is 1. The lowest BCUT2D eigenvalue weighted by molar-refractivity contribution is 0.215. The largest absolute Gasteiger partial charge is 0.311 e. The van der Waals surface area contributed by atoms with Crippen LogP contribution in [-0.4, -0.2) is 30.6 Å². The van der Waals surface area contributed by atoms with E-state index in [1.165, 1.54) is 11.3 Å². The van der Waals surface area contributed by atoms with Crippen LogP contribution >= 0.6 is 11.3 Å². The fraction of sp³-hybridized carbons (Fsp3) is 0.692. The highest BCUT2D eigenvalue weighted by molar-refractivity contribution is 7.09. The zero-order valence-corrected chi connectivity index (χ0v) is 11.5. The number of likely N-dealkylation sites (N-methyl/N-ethyl adjacent to an activating group) is 1. The summed E-state index contributed by atoms with van der Waals surface area (Å²) in [6.07, 6.45) is 1.23. The van der Waals surface area contributed by atoms with Gasteiger partial charge in [-0.15, -0.1) is 11.3 Å². The molecule has 0 radical (unpaired) electrons. The minimum atomic E-state index is 0.702. The predicted octanol–water partition coefficient (Wildman–Crippen LogP) is 2.96. The molecule has 16 heavy (non-hydrogen) atoms. The van der Waals surface area contributed by atoms with E-state index in [0.29, 0.717) is 6.04 Å². The summed E-state index contributed by atoms with van der Waals surface area (Å²) >= 11 is 1.82. The van der Waals surface area contributed by atoms with Crippen LogP contribution in [0, 0.1) is 0 Å². The second-order valence-corrected chi connectivity index (χ2v) is 5.17. The molecule has 1 heterocycles. The second kappa shape index (κ2) is 7.82. The summed E-state index contributed by atoms with van der Waals surface area (Å²) in [4.78, 5) is 3.95. The van der Waals surface area contributed by atoms with Gasteiger partial charge in [-0.25, -0.2) is 0 Å². The van der Waals surface area contributed by atoms with Crippen molar-refractivity contribution in [1.29, 1.82) is 0 Å². The Kier molecular flexibility index (Phi) is 6.69. The third kappa shape index (κ3) is 4.64. The summed E-state index contributed by atoms with van der Waals surface area (Å²) in [5.74, 6) is 0. The average molecular weight is 240 g/mol. The average Bonchev–Trinajstić information content (AvgIpc) is 2.81. The first-order valence-electron chi connectivity index (χ1n) is 6.25. The summed E-state index contributed by atoms with van der Waals surface area (Å²) in [7, 11) is 0. The summed E-state index contributed by atoms with van der Waals surface area (Å²) in [5.41, 5.74) is 0. The fourth-order valence-electron chi connectivity index (χ4n) is 1.80. The quantitative estimate of drug-likeness (QED) is 0.703. The van der Waals surface area contributed by atoms with Gasteiger partial charge in [-0.1, -0.05) is 19.9 Å². The van der Waals surface area contributed by atoms with Crippen molar-refractivity contribution < 1.29 is 0 Å². The van der Waals surface area contributed by atoms with Crippen LogP contribution in [0.15, 0.2) is 17.5 Å². The summed E-state index contributed by atoms with van der Waals surface area (Å²) in [6, 6.07) is 5.00. The zero-order chi connectivity index (χ0) is 11.8. The minimum Gasteiger partial charge on any atom is -0.311 e. The Balaban J connectivity index is 2.13. The third-order valence-corrected chi connectivity index (χ3v) is 3.95. The van der Waals surface area contributed by atoms with Gasteiger partial charge in [0.25, 0.3) is 0 Å². The molecule has 0 aliphatic heterocycles. The Hall–Kier alpha value is -0.380. The standard InChI is InChI=1S/C13H24N2S/c1-4-12(3)15(5-2)9-8-14-11-13-7-6-10-16-13/h6-7,10,12,14H,4-5,8-9,11H2,1-3H3. The van der Waals surface area contributed by atoms with Gasteiger partial charge in [0.15, 0.2) is 0 Å². The SMILES string of the molecule is CCC(C)N(CC)CCNCc1cccs1. The van der Waals surface area contributed by atoms with Crippen molar-refractivity contribution >= 4 is 11.3 Å². The van der Waals surface area contributed by atoms with Crippen LogP contribution in [0.5, 0.6) is 0 Å². The molecule has 1 atom stereocenters. The molecule has 3 heteroatoms. The Morgan fingerprint density at radius 3 is 2.81 bits per heavy atom. The lowest BCUT2D eigenvalue weighted by Gasteiger charge is -2.26. The van der Waals surface area contributed by atoms with Crippen molar-refractivity contribution in [3.05, 3.63) is 22.4 Å². The highest BCUT2D eigenvalue weighted by Crippen LogP contribution is 2.07. The number of nitrogens with zero attached hydrogens (tertiary/aromatic N) is 1. The molecule has 1 aromatic heterocycles. The van der Waals surface area contributed by atoms with E-state index in [9.17, 15) is 0 Å². The van der Waals surface area contributed by atoms with Crippen molar-refractivity contribution in [2.24, 2.45) is 0 Å². The van der Waals surface area contributed by atoms with Crippen LogP contribution in [0.25, 0.3) is 0 Å². The maximum absolute atomic E-state index is 3.50. The van der Waals surface area contributed by atoms with Crippen LogP contribution in [0.4, 0.5) is 0 Å². The van der Waals surface area contributed by atoms with Crippen molar-refractivity contribution in [2.45, 2.75) is 39.8 Å². The van der Waals surface area contributed by atoms with Crippen molar-refractivity contribution in [3.63, 3.8) is 0 Å². The Morgan fingerprint density at radius 1 is 1.44 bits per heavy atom. The van der Waals surface area contributed by atoms with Crippen molar-refractivity contribution in [2.75, 3.05) is 19.6 Å². The van der Waals surface area contributed by atoms with Gasteiger partial charge in [-0.3, -0.25) is 4.90 Å². The van der Waals surface area contributed by atoms with Gasteiger partial charge in [0.05, 0.1) is 0 Å². The lowest BCUT2D eigenvalue weighted by atomic mass is 10.2. The van der Waals surface area contributed by atoms with Gasteiger partial charge < -0.3 is 5.32 Å². The first kappa shape index (κ1) is 13.7. The highest BCUT2D eigenvalue weighted by Gasteiger charge is 2.08. The third-order valence-electron chi connectivity index (χ3n) is 3.08. The van der Waals surface area contributed by atoms with Gasteiger partial charge in [0, 0.05) is 30.6 Å². The normalized spacial score (nSPS) is 13.2. The number of hydrogen-bond acceptors (Lipinski definition) is 3. The second-order valence-electron chi connectivity index (χ2n) is 4.14. The molecule has 1 aromatic rings. The molecule has 92 valence electrons. The molecule has 0 aliphatic carbocycles. The van der Waals surface area contributed by atoms with Gasteiger partial charge in [0.1, 0.15) is 0 Å². The smallest absolute Gasteiger partial charge is 0.0300 e. The molecule has 1 rings (SSSR count). The summed E-state index contributed by atoms with van der Waals surface area (Å²) < 4.78 is 0.